The second kappa shape index (κ2) is 4.36. The number of fused-ring (bicyclic) bond motifs is 1. The second-order valence-corrected chi connectivity index (χ2v) is 5.37. The van der Waals surface area contributed by atoms with E-state index >= 15 is 0 Å². The van der Waals surface area contributed by atoms with Crippen LogP contribution in [-0.4, -0.2) is 30.6 Å². The Hall–Kier alpha value is -0.570. The van der Waals surface area contributed by atoms with Crippen molar-refractivity contribution in [1.82, 2.24) is 10.2 Å². The largest absolute Gasteiger partial charge is 0.312 e. The summed E-state index contributed by atoms with van der Waals surface area (Å²) in [6.45, 7) is 4.73. The molecule has 2 aliphatic rings. The lowest BCUT2D eigenvalue weighted by Crippen LogP contribution is -2.29. The van der Waals surface area contributed by atoms with Gasteiger partial charge in [0.15, 0.2) is 0 Å². The average Bonchev–Trinajstić information content (AvgIpc) is 2.81. The molecule has 2 nitrogen and oxygen atoms in total. The van der Waals surface area contributed by atoms with Crippen LogP contribution in [-0.2, 0) is 6.54 Å². The van der Waals surface area contributed by atoms with Crippen LogP contribution in [0.5, 0.6) is 0 Å². The molecule has 16 heavy (non-hydrogen) atoms. The van der Waals surface area contributed by atoms with Gasteiger partial charge < -0.3 is 5.32 Å². The van der Waals surface area contributed by atoms with Gasteiger partial charge in [-0.15, -0.1) is 0 Å². The predicted octanol–water partition coefficient (Wildman–Crippen LogP) is 2.13. The highest BCUT2D eigenvalue weighted by Crippen LogP contribution is 2.25. The van der Waals surface area contributed by atoms with Gasteiger partial charge in [-0.3, -0.25) is 4.90 Å². The molecule has 0 aromatic heterocycles. The minimum absolute atomic E-state index is 0.743. The Morgan fingerprint density at radius 1 is 1.25 bits per heavy atom. The van der Waals surface area contributed by atoms with Gasteiger partial charge in [-0.2, -0.15) is 0 Å². The molecule has 0 saturated carbocycles. The summed E-state index contributed by atoms with van der Waals surface area (Å²) in [5.41, 5.74) is 1.37. The van der Waals surface area contributed by atoms with E-state index in [1.165, 1.54) is 31.6 Å². The van der Waals surface area contributed by atoms with E-state index in [1.54, 1.807) is 0 Å². The third-order valence-electron chi connectivity index (χ3n) is 3.76. The van der Waals surface area contributed by atoms with Crippen LogP contribution < -0.4 is 5.32 Å². The van der Waals surface area contributed by atoms with Gasteiger partial charge in [0, 0.05) is 30.7 Å². The molecular weight excluding hydrogens is 220 g/mol. The highest BCUT2D eigenvalue weighted by molar-refractivity contribution is 6.30. The minimum Gasteiger partial charge on any atom is -0.312 e. The predicted molar refractivity (Wildman–Crippen MR) is 66.6 cm³/mol. The van der Waals surface area contributed by atoms with E-state index in [4.69, 9.17) is 11.6 Å². The van der Waals surface area contributed by atoms with Gasteiger partial charge in [0.05, 0.1) is 0 Å². The Balaban J connectivity index is 1.62. The molecule has 2 saturated heterocycles. The molecule has 2 heterocycles. The number of nitrogens with zero attached hydrogens (tertiary/aromatic N) is 1. The molecule has 3 rings (SSSR count). The Labute approximate surface area is 102 Å². The lowest BCUT2D eigenvalue weighted by Gasteiger charge is -2.16. The van der Waals surface area contributed by atoms with E-state index in [1.807, 2.05) is 12.1 Å². The molecule has 0 spiro atoms. The maximum absolute atomic E-state index is 5.88. The lowest BCUT2D eigenvalue weighted by atomic mass is 10.1. The summed E-state index contributed by atoms with van der Waals surface area (Å²) in [6.07, 6.45) is 1.35. The molecule has 1 N–H and O–H groups in total. The summed E-state index contributed by atoms with van der Waals surface area (Å²) in [4.78, 5) is 2.55. The molecule has 1 aromatic carbocycles. The SMILES string of the molecule is Clc1ccc(CN2C[C@@H]3CCN[C@@H]3C2)cc1. The Kier molecular flexibility index (Phi) is 2.88. The lowest BCUT2D eigenvalue weighted by molar-refractivity contribution is 0.307. The van der Waals surface area contributed by atoms with Gasteiger partial charge >= 0.3 is 0 Å². The molecule has 0 aliphatic carbocycles. The third-order valence-corrected chi connectivity index (χ3v) is 4.01. The zero-order chi connectivity index (χ0) is 11.0. The van der Waals surface area contributed by atoms with Crippen molar-refractivity contribution in [3.8, 4) is 0 Å². The first kappa shape index (κ1) is 10.6. The Bertz CT molecular complexity index is 351. The smallest absolute Gasteiger partial charge is 0.0406 e. The zero-order valence-electron chi connectivity index (χ0n) is 9.32. The van der Waals surface area contributed by atoms with Crippen molar-refractivity contribution in [2.24, 2.45) is 5.92 Å². The number of likely N-dealkylation sites (tertiary alicyclic amines) is 1. The first-order valence-electron chi connectivity index (χ1n) is 6.01. The fourth-order valence-corrected chi connectivity index (χ4v) is 3.04. The van der Waals surface area contributed by atoms with Crippen LogP contribution >= 0.6 is 11.6 Å². The van der Waals surface area contributed by atoms with E-state index in [9.17, 15) is 0 Å². The fraction of sp³-hybridized carbons (Fsp3) is 0.538. The summed E-state index contributed by atoms with van der Waals surface area (Å²) in [6, 6.07) is 8.96. The average molecular weight is 237 g/mol. The van der Waals surface area contributed by atoms with Gasteiger partial charge in [0.1, 0.15) is 0 Å². The summed E-state index contributed by atoms with van der Waals surface area (Å²) in [5.74, 6) is 0.882. The number of hydrogen-bond acceptors (Lipinski definition) is 2. The molecular formula is C13H17ClN2. The molecule has 2 atom stereocenters. The molecule has 1 aromatic rings. The molecule has 0 radical (unpaired) electrons. The Morgan fingerprint density at radius 3 is 2.81 bits per heavy atom. The van der Waals surface area contributed by atoms with E-state index in [0.29, 0.717) is 0 Å². The van der Waals surface area contributed by atoms with Crippen LogP contribution in [0.3, 0.4) is 0 Å². The van der Waals surface area contributed by atoms with Crippen molar-refractivity contribution in [2.45, 2.75) is 19.0 Å². The van der Waals surface area contributed by atoms with E-state index in [2.05, 4.69) is 22.3 Å². The zero-order valence-corrected chi connectivity index (χ0v) is 10.1. The van der Waals surface area contributed by atoms with Gasteiger partial charge in [0.2, 0.25) is 0 Å². The maximum atomic E-state index is 5.88. The van der Waals surface area contributed by atoms with Crippen molar-refractivity contribution in [3.05, 3.63) is 34.9 Å². The third kappa shape index (κ3) is 2.10. The normalized spacial score (nSPS) is 29.6. The number of hydrogen-bond donors (Lipinski definition) is 1. The number of benzene rings is 1. The topological polar surface area (TPSA) is 15.3 Å². The standard InChI is InChI=1S/C13H17ClN2/c14-12-3-1-10(2-4-12)7-16-8-11-5-6-15-13(11)9-16/h1-4,11,13,15H,5-9H2/t11-,13+/m0/s1. The van der Waals surface area contributed by atoms with Gasteiger partial charge in [-0.25, -0.2) is 0 Å². The Morgan fingerprint density at radius 2 is 2.06 bits per heavy atom. The molecule has 0 bridgehead atoms. The number of rotatable bonds is 2. The van der Waals surface area contributed by atoms with E-state index < -0.39 is 0 Å². The summed E-state index contributed by atoms with van der Waals surface area (Å²) in [5, 5.41) is 4.40. The van der Waals surface area contributed by atoms with Crippen LogP contribution in [0.4, 0.5) is 0 Å². The molecule has 2 aliphatic heterocycles. The molecule has 0 unspecified atom stereocenters. The van der Waals surface area contributed by atoms with Crippen molar-refractivity contribution in [3.63, 3.8) is 0 Å². The van der Waals surface area contributed by atoms with Crippen molar-refractivity contribution in [2.75, 3.05) is 19.6 Å². The second-order valence-electron chi connectivity index (χ2n) is 4.93. The van der Waals surface area contributed by atoms with Crippen molar-refractivity contribution < 1.29 is 0 Å². The first-order valence-corrected chi connectivity index (χ1v) is 6.39. The van der Waals surface area contributed by atoms with E-state index in [-0.39, 0.29) is 0 Å². The highest BCUT2D eigenvalue weighted by atomic mass is 35.5. The summed E-state index contributed by atoms with van der Waals surface area (Å²) >= 11 is 5.88. The van der Waals surface area contributed by atoms with E-state index in [0.717, 1.165) is 23.5 Å². The monoisotopic (exact) mass is 236 g/mol. The quantitative estimate of drug-likeness (QED) is 0.847. The van der Waals surface area contributed by atoms with Crippen LogP contribution in [0, 0.1) is 5.92 Å². The molecule has 86 valence electrons. The van der Waals surface area contributed by atoms with Crippen molar-refractivity contribution >= 4 is 11.6 Å². The maximum Gasteiger partial charge on any atom is 0.0406 e. The van der Waals surface area contributed by atoms with Gasteiger partial charge in [-0.05, 0) is 36.6 Å². The molecule has 3 heteroatoms. The molecule has 2 fully saturated rings. The van der Waals surface area contributed by atoms with Gasteiger partial charge in [-0.1, -0.05) is 23.7 Å². The van der Waals surface area contributed by atoms with Crippen LogP contribution in [0.15, 0.2) is 24.3 Å². The summed E-state index contributed by atoms with van der Waals surface area (Å²) in [7, 11) is 0. The number of nitrogens with one attached hydrogen (secondary N) is 1. The first-order chi connectivity index (χ1) is 7.81. The molecule has 0 amide bonds. The number of halogens is 1. The van der Waals surface area contributed by atoms with Crippen molar-refractivity contribution in [1.29, 1.82) is 0 Å². The minimum atomic E-state index is 0.743. The van der Waals surface area contributed by atoms with Crippen LogP contribution in [0.1, 0.15) is 12.0 Å². The fourth-order valence-electron chi connectivity index (χ4n) is 2.92. The van der Waals surface area contributed by atoms with Crippen LogP contribution in [0.25, 0.3) is 0 Å². The summed E-state index contributed by atoms with van der Waals surface area (Å²) < 4.78 is 0. The highest BCUT2D eigenvalue weighted by Gasteiger charge is 2.35. The van der Waals surface area contributed by atoms with Gasteiger partial charge in [0.25, 0.3) is 0 Å². The van der Waals surface area contributed by atoms with Crippen LogP contribution in [0.2, 0.25) is 5.02 Å².